The maximum absolute atomic E-state index is 9.74. The van der Waals surface area contributed by atoms with Gasteiger partial charge in [-0.3, -0.25) is 4.99 Å². The van der Waals surface area contributed by atoms with Crippen LogP contribution in [0.5, 0.6) is 0 Å². The molecule has 0 aliphatic heterocycles. The summed E-state index contributed by atoms with van der Waals surface area (Å²) in [5.74, 6) is 0. The van der Waals surface area contributed by atoms with Crippen LogP contribution in [0.1, 0.15) is 11.1 Å². The van der Waals surface area contributed by atoms with Gasteiger partial charge in [-0.25, -0.2) is 0 Å². The second-order valence-corrected chi connectivity index (χ2v) is 12.8. The quantitative estimate of drug-likeness (QED) is 0.173. The Morgan fingerprint density at radius 3 is 1.60 bits per heavy atom. The van der Waals surface area contributed by atoms with Crippen molar-refractivity contribution in [3.05, 3.63) is 163 Å². The van der Waals surface area contributed by atoms with Crippen LogP contribution >= 0.6 is 0 Å². The van der Waals surface area contributed by atoms with Gasteiger partial charge in [0.1, 0.15) is 0 Å². The van der Waals surface area contributed by atoms with Crippen molar-refractivity contribution in [1.29, 1.82) is 5.26 Å². The average molecular weight is 640 g/mol. The SMILES string of the molecule is C=NCc1ccc2c(c1)c1c(ccc3c4ccc5c(c6ccccc6n5-c5ccccc5)c4n(-c4ccc(C#N)cc4)c31)n2-c1ccccc1. The molecule has 3 aromatic heterocycles. The molecule has 0 unspecified atom stereocenters. The summed E-state index contributed by atoms with van der Waals surface area (Å²) >= 11 is 0. The molecule has 7 aromatic carbocycles. The Bertz CT molecular complexity index is 3010. The Labute approximate surface area is 287 Å². The van der Waals surface area contributed by atoms with E-state index in [0.717, 1.165) is 61.1 Å². The highest BCUT2D eigenvalue weighted by Crippen LogP contribution is 2.46. The van der Waals surface area contributed by atoms with Crippen LogP contribution in [0.15, 0.2) is 157 Å². The summed E-state index contributed by atoms with van der Waals surface area (Å²) in [6.07, 6.45) is 0. The molecule has 10 rings (SSSR count). The lowest BCUT2D eigenvalue weighted by molar-refractivity contribution is 1.09. The van der Waals surface area contributed by atoms with Crippen LogP contribution in [0.25, 0.3) is 82.5 Å². The van der Waals surface area contributed by atoms with Gasteiger partial charge in [0.15, 0.2) is 0 Å². The smallest absolute Gasteiger partial charge is 0.0991 e. The van der Waals surface area contributed by atoms with Crippen LogP contribution in [0.3, 0.4) is 0 Å². The molecule has 0 N–H and O–H groups in total. The third-order valence-corrected chi connectivity index (χ3v) is 10.1. The van der Waals surface area contributed by atoms with E-state index in [0.29, 0.717) is 12.1 Å². The Hall–Kier alpha value is -6.90. The number of hydrogen-bond acceptors (Lipinski definition) is 2. The topological polar surface area (TPSA) is 50.9 Å². The van der Waals surface area contributed by atoms with Crippen molar-refractivity contribution < 1.29 is 0 Å². The fourth-order valence-corrected chi connectivity index (χ4v) is 8.07. The lowest BCUT2D eigenvalue weighted by atomic mass is 10.0. The lowest BCUT2D eigenvalue weighted by Gasteiger charge is -2.11. The van der Waals surface area contributed by atoms with Gasteiger partial charge >= 0.3 is 0 Å². The molecule has 0 aliphatic rings. The number of aliphatic imine (C=N–C) groups is 1. The van der Waals surface area contributed by atoms with E-state index in [1.807, 2.05) is 12.1 Å². The molecule has 0 fully saturated rings. The molecule has 0 saturated heterocycles. The van der Waals surface area contributed by atoms with E-state index in [2.05, 4.69) is 171 Å². The van der Waals surface area contributed by atoms with Crippen LogP contribution in [0.2, 0.25) is 0 Å². The summed E-state index contributed by atoms with van der Waals surface area (Å²) in [4.78, 5) is 4.24. The lowest BCUT2D eigenvalue weighted by Crippen LogP contribution is -1.96. The summed E-state index contributed by atoms with van der Waals surface area (Å²) in [6, 6.07) is 55.9. The van der Waals surface area contributed by atoms with Gasteiger partial charge in [0.25, 0.3) is 0 Å². The second kappa shape index (κ2) is 10.8. The maximum atomic E-state index is 9.74. The molecule has 0 atom stereocenters. The van der Waals surface area contributed by atoms with Gasteiger partial charge < -0.3 is 13.7 Å². The molecule has 0 bridgehead atoms. The molecule has 234 valence electrons. The van der Waals surface area contributed by atoms with Crippen LogP contribution in [-0.4, -0.2) is 20.4 Å². The summed E-state index contributed by atoms with van der Waals surface area (Å²) in [7, 11) is 0. The number of rotatable bonds is 5. The van der Waals surface area contributed by atoms with Crippen molar-refractivity contribution in [3.63, 3.8) is 0 Å². The number of fused-ring (bicyclic) bond motifs is 11. The van der Waals surface area contributed by atoms with E-state index >= 15 is 0 Å². The predicted molar refractivity (Wildman–Crippen MR) is 207 cm³/mol. The molecule has 0 radical (unpaired) electrons. The van der Waals surface area contributed by atoms with Crippen molar-refractivity contribution in [3.8, 4) is 23.1 Å². The van der Waals surface area contributed by atoms with Crippen LogP contribution < -0.4 is 0 Å². The molecule has 0 saturated carbocycles. The molecule has 10 aromatic rings. The molecular formula is C45H29N5. The summed E-state index contributed by atoms with van der Waals surface area (Å²) in [5.41, 5.74) is 11.8. The predicted octanol–water partition coefficient (Wildman–Crippen LogP) is 11.1. The third kappa shape index (κ3) is 3.90. The zero-order valence-corrected chi connectivity index (χ0v) is 27.1. The zero-order valence-electron chi connectivity index (χ0n) is 27.1. The average Bonchev–Trinajstić information content (AvgIpc) is 3.81. The van der Waals surface area contributed by atoms with Gasteiger partial charge in [-0.05, 0) is 91.1 Å². The van der Waals surface area contributed by atoms with E-state index in [1.165, 1.54) is 26.9 Å². The summed E-state index contributed by atoms with van der Waals surface area (Å²) in [6.45, 7) is 4.34. The van der Waals surface area contributed by atoms with E-state index in [1.54, 1.807) is 0 Å². The van der Waals surface area contributed by atoms with Gasteiger partial charge in [0, 0.05) is 49.4 Å². The van der Waals surface area contributed by atoms with E-state index in [-0.39, 0.29) is 0 Å². The van der Waals surface area contributed by atoms with Crippen molar-refractivity contribution in [2.24, 2.45) is 4.99 Å². The van der Waals surface area contributed by atoms with Crippen molar-refractivity contribution in [2.45, 2.75) is 6.54 Å². The van der Waals surface area contributed by atoms with E-state index in [4.69, 9.17) is 0 Å². The van der Waals surface area contributed by atoms with Gasteiger partial charge in [0.2, 0.25) is 0 Å². The molecule has 5 heteroatoms. The fourth-order valence-electron chi connectivity index (χ4n) is 8.07. The van der Waals surface area contributed by atoms with Crippen LogP contribution in [0.4, 0.5) is 0 Å². The van der Waals surface area contributed by atoms with Crippen LogP contribution in [-0.2, 0) is 6.54 Å². The molecule has 0 amide bonds. The highest BCUT2D eigenvalue weighted by Gasteiger charge is 2.24. The minimum Gasteiger partial charge on any atom is -0.309 e. The first-order valence-electron chi connectivity index (χ1n) is 16.8. The number of aromatic nitrogens is 3. The maximum Gasteiger partial charge on any atom is 0.0991 e. The van der Waals surface area contributed by atoms with Gasteiger partial charge in [-0.15, -0.1) is 0 Å². The first-order valence-corrected chi connectivity index (χ1v) is 16.8. The van der Waals surface area contributed by atoms with Gasteiger partial charge in [-0.1, -0.05) is 72.8 Å². The van der Waals surface area contributed by atoms with E-state index in [9.17, 15) is 5.26 Å². The first-order chi connectivity index (χ1) is 24.7. The normalized spacial score (nSPS) is 11.7. The van der Waals surface area contributed by atoms with Crippen molar-refractivity contribution >= 4 is 72.1 Å². The van der Waals surface area contributed by atoms with Crippen LogP contribution in [0, 0.1) is 11.3 Å². The first kappa shape index (κ1) is 28.1. The van der Waals surface area contributed by atoms with E-state index < -0.39 is 0 Å². The highest BCUT2D eigenvalue weighted by molar-refractivity contribution is 6.31. The summed E-state index contributed by atoms with van der Waals surface area (Å²) in [5, 5.41) is 16.8. The molecule has 50 heavy (non-hydrogen) atoms. The Morgan fingerprint density at radius 2 is 1.00 bits per heavy atom. The van der Waals surface area contributed by atoms with Gasteiger partial charge in [0.05, 0.1) is 51.3 Å². The standard InChI is InChI=1S/C45H29N5/c1-47-28-30-18-23-39-37(26-30)43-41(49(39)32-12-6-3-7-13-32)25-22-35-34-21-24-40-42(44(34)50(45(35)43)33-19-16-29(27-46)17-20-33)36-14-8-9-15-38(36)48(40)31-10-4-2-5-11-31/h2-26H,1,28H2. The van der Waals surface area contributed by atoms with Crippen molar-refractivity contribution in [2.75, 3.05) is 0 Å². The molecular weight excluding hydrogens is 611 g/mol. The zero-order chi connectivity index (χ0) is 33.3. The monoisotopic (exact) mass is 639 g/mol. The Kier molecular flexibility index (Phi) is 6.09. The number of benzene rings is 7. The number of hydrogen-bond donors (Lipinski definition) is 0. The molecule has 0 spiro atoms. The number of nitriles is 1. The number of para-hydroxylation sites is 3. The molecule has 5 nitrogen and oxygen atoms in total. The minimum atomic E-state index is 0.544. The fraction of sp³-hybridized carbons (Fsp3) is 0.0222. The number of nitrogens with zero attached hydrogens (tertiary/aromatic N) is 5. The Balaban J connectivity index is 1.47. The highest BCUT2D eigenvalue weighted by atomic mass is 15.0. The second-order valence-electron chi connectivity index (χ2n) is 12.8. The summed E-state index contributed by atoms with van der Waals surface area (Å²) < 4.78 is 7.18. The largest absolute Gasteiger partial charge is 0.309 e. The molecule has 0 aliphatic carbocycles. The molecule has 3 heterocycles. The Morgan fingerprint density at radius 1 is 0.480 bits per heavy atom. The van der Waals surface area contributed by atoms with Gasteiger partial charge in [-0.2, -0.15) is 5.26 Å². The minimum absolute atomic E-state index is 0.544. The third-order valence-electron chi connectivity index (χ3n) is 10.1. The van der Waals surface area contributed by atoms with Crippen molar-refractivity contribution in [1.82, 2.24) is 13.7 Å².